The highest BCUT2D eigenvalue weighted by atomic mass is 15.2. The standard InChI is InChI=1S/C17H28N4/c1-18-17(20-15-16-9-3-2-4-10-16)19-11-5-6-12-21-13-7-8-14-21/h2-4,9-10H,5-8,11-15H2,1H3,(H2,18,19,20). The topological polar surface area (TPSA) is 39.7 Å². The summed E-state index contributed by atoms with van der Waals surface area (Å²) >= 11 is 0. The zero-order chi connectivity index (χ0) is 14.8. The molecular formula is C17H28N4. The van der Waals surface area contributed by atoms with E-state index in [1.807, 2.05) is 13.1 Å². The van der Waals surface area contributed by atoms with Gasteiger partial charge in [-0.3, -0.25) is 4.99 Å². The first-order valence-electron chi connectivity index (χ1n) is 8.09. The first-order chi connectivity index (χ1) is 10.4. The van der Waals surface area contributed by atoms with Crippen molar-refractivity contribution in [3.63, 3.8) is 0 Å². The van der Waals surface area contributed by atoms with Gasteiger partial charge in [0.15, 0.2) is 5.96 Å². The fourth-order valence-corrected chi connectivity index (χ4v) is 2.68. The van der Waals surface area contributed by atoms with Gasteiger partial charge >= 0.3 is 0 Å². The average molecular weight is 288 g/mol. The molecular weight excluding hydrogens is 260 g/mol. The van der Waals surface area contributed by atoms with Gasteiger partial charge in [0.05, 0.1) is 0 Å². The predicted molar refractivity (Wildman–Crippen MR) is 89.6 cm³/mol. The zero-order valence-corrected chi connectivity index (χ0v) is 13.1. The summed E-state index contributed by atoms with van der Waals surface area (Å²) in [5, 5.41) is 6.73. The molecule has 116 valence electrons. The second kappa shape index (κ2) is 9.40. The Bertz CT molecular complexity index is 410. The molecule has 0 amide bonds. The molecule has 2 N–H and O–H groups in total. The third kappa shape index (κ3) is 6.17. The van der Waals surface area contributed by atoms with Gasteiger partial charge in [0.2, 0.25) is 0 Å². The quantitative estimate of drug-likeness (QED) is 0.459. The van der Waals surface area contributed by atoms with E-state index in [4.69, 9.17) is 0 Å². The Kier molecular flexibility index (Phi) is 7.08. The van der Waals surface area contributed by atoms with Crippen LogP contribution in [0, 0.1) is 0 Å². The Balaban J connectivity index is 1.55. The summed E-state index contributed by atoms with van der Waals surface area (Å²) in [6.07, 6.45) is 5.23. The molecule has 4 heteroatoms. The molecule has 0 aliphatic carbocycles. The van der Waals surface area contributed by atoms with Gasteiger partial charge in [-0.2, -0.15) is 0 Å². The van der Waals surface area contributed by atoms with E-state index in [1.54, 1.807) is 0 Å². The van der Waals surface area contributed by atoms with Crippen molar-refractivity contribution in [2.75, 3.05) is 33.2 Å². The number of nitrogens with zero attached hydrogens (tertiary/aromatic N) is 2. The maximum absolute atomic E-state index is 4.26. The fraction of sp³-hybridized carbons (Fsp3) is 0.588. The molecule has 0 unspecified atom stereocenters. The number of hydrogen-bond donors (Lipinski definition) is 2. The Morgan fingerprint density at radius 3 is 2.57 bits per heavy atom. The van der Waals surface area contributed by atoms with E-state index in [2.05, 4.69) is 44.8 Å². The number of unbranched alkanes of at least 4 members (excludes halogenated alkanes) is 1. The summed E-state index contributed by atoms with van der Waals surface area (Å²) in [4.78, 5) is 6.83. The largest absolute Gasteiger partial charge is 0.356 e. The molecule has 0 bridgehead atoms. The number of rotatable bonds is 7. The second-order valence-electron chi connectivity index (χ2n) is 5.59. The molecule has 0 aromatic heterocycles. The summed E-state index contributed by atoms with van der Waals surface area (Å²) < 4.78 is 0. The third-order valence-corrected chi connectivity index (χ3v) is 3.92. The minimum absolute atomic E-state index is 0.814. The number of likely N-dealkylation sites (tertiary alicyclic amines) is 1. The van der Waals surface area contributed by atoms with E-state index >= 15 is 0 Å². The molecule has 1 aliphatic rings. The highest BCUT2D eigenvalue weighted by Gasteiger charge is 2.09. The van der Waals surface area contributed by atoms with Crippen LogP contribution in [-0.4, -0.2) is 44.1 Å². The van der Waals surface area contributed by atoms with Crippen molar-refractivity contribution in [3.05, 3.63) is 35.9 Å². The molecule has 2 rings (SSSR count). The van der Waals surface area contributed by atoms with E-state index < -0.39 is 0 Å². The molecule has 1 heterocycles. The van der Waals surface area contributed by atoms with Crippen LogP contribution >= 0.6 is 0 Å². The molecule has 1 saturated heterocycles. The van der Waals surface area contributed by atoms with Gasteiger partial charge in [-0.05, 0) is 50.9 Å². The number of hydrogen-bond acceptors (Lipinski definition) is 2. The molecule has 0 atom stereocenters. The summed E-state index contributed by atoms with van der Waals surface area (Å²) in [7, 11) is 1.82. The van der Waals surface area contributed by atoms with Gasteiger partial charge in [0.1, 0.15) is 0 Å². The van der Waals surface area contributed by atoms with Gasteiger partial charge in [-0.1, -0.05) is 30.3 Å². The molecule has 0 radical (unpaired) electrons. The number of guanidine groups is 1. The highest BCUT2D eigenvalue weighted by molar-refractivity contribution is 5.79. The lowest BCUT2D eigenvalue weighted by Crippen LogP contribution is -2.37. The molecule has 0 spiro atoms. The number of nitrogens with one attached hydrogen (secondary N) is 2. The lowest BCUT2D eigenvalue weighted by molar-refractivity contribution is 0.330. The van der Waals surface area contributed by atoms with Crippen molar-refractivity contribution in [2.45, 2.75) is 32.2 Å². The van der Waals surface area contributed by atoms with E-state index in [-0.39, 0.29) is 0 Å². The highest BCUT2D eigenvalue weighted by Crippen LogP contribution is 2.07. The van der Waals surface area contributed by atoms with Crippen molar-refractivity contribution in [3.8, 4) is 0 Å². The Labute approximate surface area is 128 Å². The van der Waals surface area contributed by atoms with Gasteiger partial charge in [0, 0.05) is 20.1 Å². The van der Waals surface area contributed by atoms with Gasteiger partial charge in [-0.25, -0.2) is 0 Å². The van der Waals surface area contributed by atoms with E-state index in [0.717, 1.165) is 19.0 Å². The predicted octanol–water partition coefficient (Wildman–Crippen LogP) is 2.23. The Morgan fingerprint density at radius 2 is 1.86 bits per heavy atom. The van der Waals surface area contributed by atoms with Gasteiger partial charge in [-0.15, -0.1) is 0 Å². The van der Waals surface area contributed by atoms with Crippen LogP contribution in [0.2, 0.25) is 0 Å². The Hall–Kier alpha value is -1.55. The van der Waals surface area contributed by atoms with Crippen LogP contribution < -0.4 is 10.6 Å². The van der Waals surface area contributed by atoms with Gasteiger partial charge < -0.3 is 15.5 Å². The molecule has 4 nitrogen and oxygen atoms in total. The molecule has 0 saturated carbocycles. The van der Waals surface area contributed by atoms with Crippen molar-refractivity contribution >= 4 is 5.96 Å². The fourth-order valence-electron chi connectivity index (χ4n) is 2.68. The molecule has 1 fully saturated rings. The summed E-state index contributed by atoms with van der Waals surface area (Å²) in [5.74, 6) is 0.889. The smallest absolute Gasteiger partial charge is 0.191 e. The summed E-state index contributed by atoms with van der Waals surface area (Å²) in [5.41, 5.74) is 1.27. The maximum Gasteiger partial charge on any atom is 0.191 e. The van der Waals surface area contributed by atoms with Crippen molar-refractivity contribution in [1.82, 2.24) is 15.5 Å². The van der Waals surface area contributed by atoms with Crippen LogP contribution in [0.3, 0.4) is 0 Å². The second-order valence-corrected chi connectivity index (χ2v) is 5.59. The summed E-state index contributed by atoms with van der Waals surface area (Å²) in [6, 6.07) is 10.4. The zero-order valence-electron chi connectivity index (χ0n) is 13.1. The van der Waals surface area contributed by atoms with Crippen molar-refractivity contribution in [1.29, 1.82) is 0 Å². The molecule has 1 aromatic carbocycles. The maximum atomic E-state index is 4.26. The lowest BCUT2D eigenvalue weighted by Gasteiger charge is -2.15. The molecule has 1 aromatic rings. The van der Waals surface area contributed by atoms with Crippen LogP contribution in [0.4, 0.5) is 0 Å². The van der Waals surface area contributed by atoms with Crippen LogP contribution in [-0.2, 0) is 6.54 Å². The monoisotopic (exact) mass is 288 g/mol. The van der Waals surface area contributed by atoms with Gasteiger partial charge in [0.25, 0.3) is 0 Å². The lowest BCUT2D eigenvalue weighted by atomic mass is 10.2. The normalized spacial score (nSPS) is 16.1. The number of aliphatic imine (C=N–C) groups is 1. The van der Waals surface area contributed by atoms with Crippen LogP contribution in [0.15, 0.2) is 35.3 Å². The van der Waals surface area contributed by atoms with E-state index in [9.17, 15) is 0 Å². The van der Waals surface area contributed by atoms with Crippen LogP contribution in [0.5, 0.6) is 0 Å². The SMILES string of the molecule is CN=C(NCCCCN1CCCC1)NCc1ccccc1. The van der Waals surface area contributed by atoms with Crippen molar-refractivity contribution in [2.24, 2.45) is 4.99 Å². The first-order valence-corrected chi connectivity index (χ1v) is 8.09. The molecule has 21 heavy (non-hydrogen) atoms. The minimum atomic E-state index is 0.814. The van der Waals surface area contributed by atoms with Crippen LogP contribution in [0.25, 0.3) is 0 Å². The van der Waals surface area contributed by atoms with Crippen molar-refractivity contribution < 1.29 is 0 Å². The first kappa shape index (κ1) is 15.8. The number of benzene rings is 1. The average Bonchev–Trinajstić information content (AvgIpc) is 3.04. The molecule has 1 aliphatic heterocycles. The van der Waals surface area contributed by atoms with Crippen LogP contribution in [0.1, 0.15) is 31.2 Å². The summed E-state index contributed by atoms with van der Waals surface area (Å²) in [6.45, 7) is 5.65. The third-order valence-electron chi connectivity index (χ3n) is 3.92. The van der Waals surface area contributed by atoms with E-state index in [0.29, 0.717) is 0 Å². The minimum Gasteiger partial charge on any atom is -0.356 e. The Morgan fingerprint density at radius 1 is 1.10 bits per heavy atom. The van der Waals surface area contributed by atoms with E-state index in [1.165, 1.54) is 50.9 Å².